The highest BCUT2D eigenvalue weighted by Crippen LogP contribution is 2.23. The van der Waals surface area contributed by atoms with E-state index in [0.717, 1.165) is 16.1 Å². The fourth-order valence-corrected chi connectivity index (χ4v) is 5.74. The summed E-state index contributed by atoms with van der Waals surface area (Å²) in [5.41, 5.74) is 1.12. The fourth-order valence-electron chi connectivity index (χ4n) is 3.48. The van der Waals surface area contributed by atoms with Crippen LogP contribution in [0.15, 0.2) is 53.4 Å². The number of nitrogens with zero attached hydrogens (tertiary/aromatic N) is 2. The molecule has 0 spiro atoms. The summed E-state index contributed by atoms with van der Waals surface area (Å²) in [6.07, 6.45) is 2.22. The number of nitrogens with one attached hydrogen (secondary N) is 1. The van der Waals surface area contributed by atoms with Gasteiger partial charge in [0.05, 0.1) is 30.1 Å². The Hall–Kier alpha value is -2.54. The summed E-state index contributed by atoms with van der Waals surface area (Å²) in [5, 5.41) is 2.68. The highest BCUT2D eigenvalue weighted by Gasteiger charge is 2.27. The van der Waals surface area contributed by atoms with Gasteiger partial charge >= 0.3 is 0 Å². The minimum absolute atomic E-state index is 0.0387. The highest BCUT2D eigenvalue weighted by atomic mass is 32.2. The molecule has 0 saturated carbocycles. The molecule has 0 radical (unpaired) electrons. The average molecular weight is 514 g/mol. The normalized spacial score (nSPS) is 15.1. The smallest absolute Gasteiger partial charge is 0.243 e. The third-order valence-corrected chi connectivity index (χ3v) is 8.35. The molecule has 34 heavy (non-hydrogen) atoms. The van der Waals surface area contributed by atoms with Gasteiger partial charge in [-0.15, -0.1) is 0 Å². The summed E-state index contributed by atoms with van der Waals surface area (Å²) in [4.78, 5) is 12.4. The van der Waals surface area contributed by atoms with Crippen LogP contribution >= 0.6 is 0 Å². The Balaban J connectivity index is 1.60. The molecule has 1 aliphatic rings. The van der Waals surface area contributed by atoms with E-state index < -0.39 is 32.5 Å². The van der Waals surface area contributed by atoms with Gasteiger partial charge < -0.3 is 10.1 Å². The first-order chi connectivity index (χ1) is 16.1. The number of halogens is 1. The summed E-state index contributed by atoms with van der Waals surface area (Å²) >= 11 is 0. The van der Waals surface area contributed by atoms with Crippen LogP contribution < -0.4 is 9.62 Å². The van der Waals surface area contributed by atoms with Crippen molar-refractivity contribution in [2.75, 3.05) is 50.0 Å². The van der Waals surface area contributed by atoms with E-state index in [2.05, 4.69) is 5.32 Å². The Kier molecular flexibility index (Phi) is 8.63. The van der Waals surface area contributed by atoms with E-state index in [-0.39, 0.29) is 29.5 Å². The molecule has 1 amide bonds. The van der Waals surface area contributed by atoms with Crippen LogP contribution in [-0.2, 0) is 36.0 Å². The number of carbonyl (C=O) groups excluding carboxylic acids is 1. The quantitative estimate of drug-likeness (QED) is 0.480. The van der Waals surface area contributed by atoms with Crippen molar-refractivity contribution in [1.29, 1.82) is 0 Å². The molecule has 3 rings (SSSR count). The topological polar surface area (TPSA) is 113 Å². The lowest BCUT2D eigenvalue weighted by Gasteiger charge is -2.26. The van der Waals surface area contributed by atoms with Gasteiger partial charge in [-0.3, -0.25) is 9.10 Å². The molecule has 1 aliphatic heterocycles. The number of morpholine rings is 1. The van der Waals surface area contributed by atoms with Crippen LogP contribution in [-0.4, -0.2) is 72.7 Å². The third kappa shape index (κ3) is 6.98. The van der Waals surface area contributed by atoms with E-state index in [1.165, 1.54) is 40.7 Å². The number of ether oxygens (including phenoxy) is 1. The van der Waals surface area contributed by atoms with Gasteiger partial charge in [-0.25, -0.2) is 21.2 Å². The van der Waals surface area contributed by atoms with Gasteiger partial charge in [0, 0.05) is 19.6 Å². The van der Waals surface area contributed by atoms with Gasteiger partial charge in [-0.05, 0) is 54.8 Å². The SMILES string of the molecule is CS(=O)(=O)N(CC(=O)NCCCc1ccc(F)cc1)c1ccc(S(=O)(=O)N2CCOCC2)cc1. The zero-order valence-corrected chi connectivity index (χ0v) is 20.4. The molecule has 2 aromatic rings. The summed E-state index contributed by atoms with van der Waals surface area (Å²) in [6, 6.07) is 11.5. The minimum atomic E-state index is -3.80. The Morgan fingerprint density at radius 1 is 1.03 bits per heavy atom. The third-order valence-electron chi connectivity index (χ3n) is 5.30. The van der Waals surface area contributed by atoms with Crippen molar-refractivity contribution in [2.24, 2.45) is 0 Å². The monoisotopic (exact) mass is 513 g/mol. The lowest BCUT2D eigenvalue weighted by Crippen LogP contribution is -2.41. The second kappa shape index (κ2) is 11.3. The van der Waals surface area contributed by atoms with Crippen LogP contribution in [0.3, 0.4) is 0 Å². The molecule has 1 fully saturated rings. The molecular formula is C22H28FN3O6S2. The maximum atomic E-state index is 13.0. The van der Waals surface area contributed by atoms with Crippen molar-refractivity contribution in [3.05, 3.63) is 59.9 Å². The molecule has 0 atom stereocenters. The van der Waals surface area contributed by atoms with Crippen molar-refractivity contribution < 1.29 is 30.8 Å². The number of hydrogen-bond acceptors (Lipinski definition) is 6. The molecule has 0 bridgehead atoms. The predicted octanol–water partition coefficient (Wildman–Crippen LogP) is 1.36. The van der Waals surface area contributed by atoms with Crippen molar-refractivity contribution in [2.45, 2.75) is 17.7 Å². The average Bonchev–Trinajstić information content (AvgIpc) is 2.81. The summed E-state index contributed by atoms with van der Waals surface area (Å²) in [6.45, 7) is 1.02. The van der Waals surface area contributed by atoms with Crippen LogP contribution in [0.2, 0.25) is 0 Å². The minimum Gasteiger partial charge on any atom is -0.379 e. The number of hydrogen-bond donors (Lipinski definition) is 1. The number of benzene rings is 2. The highest BCUT2D eigenvalue weighted by molar-refractivity contribution is 7.92. The van der Waals surface area contributed by atoms with Gasteiger partial charge in [-0.1, -0.05) is 12.1 Å². The fraction of sp³-hybridized carbons (Fsp3) is 0.409. The second-order valence-electron chi connectivity index (χ2n) is 7.86. The Morgan fingerprint density at radius 2 is 1.65 bits per heavy atom. The summed E-state index contributed by atoms with van der Waals surface area (Å²) in [5.74, 6) is -0.806. The molecule has 1 N–H and O–H groups in total. The molecular weight excluding hydrogens is 485 g/mol. The molecule has 186 valence electrons. The van der Waals surface area contributed by atoms with E-state index in [4.69, 9.17) is 4.74 Å². The molecule has 0 aromatic heterocycles. The maximum absolute atomic E-state index is 13.0. The van der Waals surface area contributed by atoms with E-state index >= 15 is 0 Å². The number of sulfonamides is 2. The van der Waals surface area contributed by atoms with Crippen molar-refractivity contribution in [1.82, 2.24) is 9.62 Å². The molecule has 0 aliphatic carbocycles. The van der Waals surface area contributed by atoms with Crippen molar-refractivity contribution >= 4 is 31.6 Å². The lowest BCUT2D eigenvalue weighted by molar-refractivity contribution is -0.119. The Labute approximate surface area is 199 Å². The van der Waals surface area contributed by atoms with Crippen LogP contribution in [0, 0.1) is 5.82 Å². The summed E-state index contributed by atoms with van der Waals surface area (Å²) < 4.78 is 70.5. The predicted molar refractivity (Wildman–Crippen MR) is 126 cm³/mol. The Morgan fingerprint density at radius 3 is 2.24 bits per heavy atom. The lowest BCUT2D eigenvalue weighted by atomic mass is 10.1. The van der Waals surface area contributed by atoms with Crippen LogP contribution in [0.25, 0.3) is 0 Å². The van der Waals surface area contributed by atoms with E-state index in [9.17, 15) is 26.0 Å². The molecule has 2 aromatic carbocycles. The summed E-state index contributed by atoms with van der Waals surface area (Å²) in [7, 11) is -7.52. The van der Waals surface area contributed by atoms with Crippen molar-refractivity contribution in [3.8, 4) is 0 Å². The molecule has 0 unspecified atom stereocenters. The first-order valence-electron chi connectivity index (χ1n) is 10.7. The van der Waals surface area contributed by atoms with Crippen LogP contribution in [0.4, 0.5) is 10.1 Å². The Bertz CT molecular complexity index is 1180. The van der Waals surface area contributed by atoms with Gasteiger partial charge in [0.15, 0.2) is 0 Å². The van der Waals surface area contributed by atoms with Crippen molar-refractivity contribution in [3.63, 3.8) is 0 Å². The maximum Gasteiger partial charge on any atom is 0.243 e. The number of anilines is 1. The van der Waals surface area contributed by atoms with Gasteiger partial charge in [0.1, 0.15) is 12.4 Å². The van der Waals surface area contributed by atoms with E-state index in [1.54, 1.807) is 12.1 Å². The number of amides is 1. The van der Waals surface area contributed by atoms with Gasteiger partial charge in [0.25, 0.3) is 0 Å². The molecule has 9 nitrogen and oxygen atoms in total. The number of aryl methyl sites for hydroxylation is 1. The molecule has 12 heteroatoms. The molecule has 1 heterocycles. The number of carbonyl (C=O) groups is 1. The second-order valence-corrected chi connectivity index (χ2v) is 11.7. The van der Waals surface area contributed by atoms with Crippen LogP contribution in [0.1, 0.15) is 12.0 Å². The first kappa shape index (κ1) is 26.1. The first-order valence-corrected chi connectivity index (χ1v) is 14.0. The van der Waals surface area contributed by atoms with E-state index in [1.807, 2.05) is 0 Å². The van der Waals surface area contributed by atoms with Gasteiger partial charge in [-0.2, -0.15) is 4.31 Å². The largest absolute Gasteiger partial charge is 0.379 e. The van der Waals surface area contributed by atoms with Gasteiger partial charge in [0.2, 0.25) is 26.0 Å². The molecule has 1 saturated heterocycles. The zero-order chi connectivity index (χ0) is 24.8. The number of rotatable bonds is 10. The zero-order valence-electron chi connectivity index (χ0n) is 18.8. The van der Waals surface area contributed by atoms with Crippen LogP contribution in [0.5, 0.6) is 0 Å². The standard InChI is InChI=1S/C22H28FN3O6S2/c1-33(28,29)26(17-22(27)24-12-2-3-18-4-6-19(23)7-5-18)20-8-10-21(11-9-20)34(30,31)25-13-15-32-16-14-25/h4-11H,2-3,12-17H2,1H3,(H,24,27). The van der Waals surface area contributed by atoms with E-state index in [0.29, 0.717) is 32.6 Å².